The molecule has 4 heteroatoms. The number of anilines is 1. The summed E-state index contributed by atoms with van der Waals surface area (Å²) in [6.07, 6.45) is 2.13. The quantitative estimate of drug-likeness (QED) is 0.944. The monoisotopic (exact) mass is 305 g/mol. The van der Waals surface area contributed by atoms with Gasteiger partial charge in [0.25, 0.3) is 0 Å². The lowest BCUT2D eigenvalue weighted by Crippen LogP contribution is -2.32. The van der Waals surface area contributed by atoms with Crippen molar-refractivity contribution in [2.75, 3.05) is 18.9 Å². The number of amides is 1. The van der Waals surface area contributed by atoms with E-state index in [4.69, 9.17) is 5.26 Å². The Hall–Kier alpha value is -2.64. The van der Waals surface area contributed by atoms with Crippen LogP contribution in [-0.4, -0.2) is 24.4 Å². The van der Waals surface area contributed by atoms with Crippen LogP contribution in [-0.2, 0) is 11.2 Å². The molecule has 1 aliphatic carbocycles. The van der Waals surface area contributed by atoms with E-state index in [1.54, 1.807) is 24.3 Å². The fraction of sp³-hybridized carbons (Fsp3) is 0.263. The molecule has 1 amide bonds. The average Bonchev–Trinajstić information content (AvgIpc) is 2.99. The highest BCUT2D eigenvalue weighted by molar-refractivity contribution is 5.92. The number of aryl methyl sites for hydroxylation is 1. The summed E-state index contributed by atoms with van der Waals surface area (Å²) in [4.78, 5) is 14.3. The highest BCUT2D eigenvalue weighted by Crippen LogP contribution is 2.34. The first kappa shape index (κ1) is 15.3. The van der Waals surface area contributed by atoms with Crippen molar-refractivity contribution < 1.29 is 4.79 Å². The molecule has 0 saturated carbocycles. The van der Waals surface area contributed by atoms with Crippen molar-refractivity contribution in [1.82, 2.24) is 4.90 Å². The van der Waals surface area contributed by atoms with Gasteiger partial charge in [0.2, 0.25) is 5.91 Å². The van der Waals surface area contributed by atoms with E-state index in [0.29, 0.717) is 23.8 Å². The number of nitrogens with zero attached hydrogens (tertiary/aromatic N) is 2. The molecule has 0 fully saturated rings. The highest BCUT2D eigenvalue weighted by Gasteiger charge is 2.26. The van der Waals surface area contributed by atoms with Crippen LogP contribution in [0.2, 0.25) is 0 Å². The Bertz CT molecular complexity index is 746. The van der Waals surface area contributed by atoms with Crippen molar-refractivity contribution >= 4 is 11.6 Å². The van der Waals surface area contributed by atoms with Crippen molar-refractivity contribution in [3.05, 3.63) is 65.2 Å². The van der Waals surface area contributed by atoms with Gasteiger partial charge in [-0.2, -0.15) is 5.26 Å². The summed E-state index contributed by atoms with van der Waals surface area (Å²) in [5.74, 6) is -0.0402. The number of nitrogens with one attached hydrogen (secondary N) is 1. The zero-order valence-electron chi connectivity index (χ0n) is 13.1. The third-order valence-electron chi connectivity index (χ3n) is 4.32. The van der Waals surface area contributed by atoms with E-state index in [0.717, 1.165) is 12.8 Å². The molecule has 1 atom stereocenters. The topological polar surface area (TPSA) is 56.1 Å². The molecule has 0 heterocycles. The smallest absolute Gasteiger partial charge is 0.238 e. The second-order valence-corrected chi connectivity index (χ2v) is 5.91. The minimum atomic E-state index is -0.0402. The van der Waals surface area contributed by atoms with E-state index >= 15 is 0 Å². The largest absolute Gasteiger partial charge is 0.325 e. The summed E-state index contributed by atoms with van der Waals surface area (Å²) in [5, 5.41) is 11.7. The lowest BCUT2D eigenvalue weighted by Gasteiger charge is -2.24. The number of hydrogen-bond donors (Lipinski definition) is 1. The molecule has 0 spiro atoms. The number of nitriles is 1. The van der Waals surface area contributed by atoms with Crippen molar-refractivity contribution in [3.8, 4) is 6.07 Å². The average molecular weight is 305 g/mol. The Morgan fingerprint density at radius 2 is 2.00 bits per heavy atom. The second-order valence-electron chi connectivity index (χ2n) is 5.91. The maximum Gasteiger partial charge on any atom is 0.238 e. The Morgan fingerprint density at radius 1 is 1.26 bits per heavy atom. The summed E-state index contributed by atoms with van der Waals surface area (Å²) in [5.41, 5.74) is 4.02. The molecular weight excluding hydrogens is 286 g/mol. The van der Waals surface area contributed by atoms with Crippen LogP contribution in [0.25, 0.3) is 0 Å². The molecule has 2 aromatic rings. The molecule has 0 aliphatic heterocycles. The number of rotatable bonds is 4. The first-order chi connectivity index (χ1) is 11.2. The van der Waals surface area contributed by atoms with Gasteiger partial charge >= 0.3 is 0 Å². The van der Waals surface area contributed by atoms with Gasteiger partial charge in [-0.15, -0.1) is 0 Å². The van der Waals surface area contributed by atoms with Crippen LogP contribution in [0.1, 0.15) is 29.2 Å². The molecule has 3 rings (SSSR count). The summed E-state index contributed by atoms with van der Waals surface area (Å²) >= 11 is 0. The Morgan fingerprint density at radius 3 is 2.74 bits per heavy atom. The van der Waals surface area contributed by atoms with Gasteiger partial charge in [-0.05, 0) is 55.3 Å². The van der Waals surface area contributed by atoms with Gasteiger partial charge < -0.3 is 5.32 Å². The van der Waals surface area contributed by atoms with E-state index in [-0.39, 0.29) is 5.91 Å². The van der Waals surface area contributed by atoms with E-state index in [2.05, 4.69) is 40.6 Å². The van der Waals surface area contributed by atoms with Crippen molar-refractivity contribution in [2.24, 2.45) is 0 Å². The highest BCUT2D eigenvalue weighted by atomic mass is 16.2. The summed E-state index contributed by atoms with van der Waals surface area (Å²) in [6.45, 7) is 0.346. The number of carbonyl (C=O) groups excluding carboxylic acids is 1. The number of carbonyl (C=O) groups is 1. The first-order valence-corrected chi connectivity index (χ1v) is 7.75. The van der Waals surface area contributed by atoms with E-state index in [1.165, 1.54) is 11.1 Å². The minimum Gasteiger partial charge on any atom is -0.325 e. The Kier molecular flexibility index (Phi) is 4.40. The minimum absolute atomic E-state index is 0.0402. The van der Waals surface area contributed by atoms with Crippen molar-refractivity contribution in [3.63, 3.8) is 0 Å². The third kappa shape index (κ3) is 3.41. The number of hydrogen-bond acceptors (Lipinski definition) is 3. The number of fused-ring (bicyclic) bond motifs is 1. The lowest BCUT2D eigenvalue weighted by molar-refractivity contribution is -0.117. The molecule has 0 bridgehead atoms. The van der Waals surface area contributed by atoms with Gasteiger partial charge in [-0.25, -0.2) is 0 Å². The molecule has 2 aromatic carbocycles. The third-order valence-corrected chi connectivity index (χ3v) is 4.32. The molecule has 1 N–H and O–H groups in total. The number of likely N-dealkylation sites (N-methyl/N-ethyl adjacent to an activating group) is 1. The van der Waals surface area contributed by atoms with Crippen LogP contribution < -0.4 is 5.32 Å². The molecule has 4 nitrogen and oxygen atoms in total. The van der Waals surface area contributed by atoms with Crippen LogP contribution in [0.5, 0.6) is 0 Å². The van der Waals surface area contributed by atoms with Gasteiger partial charge in [-0.3, -0.25) is 9.69 Å². The molecule has 23 heavy (non-hydrogen) atoms. The molecule has 0 saturated heterocycles. The second kappa shape index (κ2) is 6.64. The van der Waals surface area contributed by atoms with Crippen LogP contribution in [0.4, 0.5) is 5.69 Å². The molecule has 116 valence electrons. The van der Waals surface area contributed by atoms with E-state index in [1.807, 2.05) is 7.05 Å². The van der Waals surface area contributed by atoms with Gasteiger partial charge in [-0.1, -0.05) is 24.3 Å². The van der Waals surface area contributed by atoms with Gasteiger partial charge in [0.05, 0.1) is 18.2 Å². The summed E-state index contributed by atoms with van der Waals surface area (Å²) < 4.78 is 0. The normalized spacial score (nSPS) is 16.0. The zero-order chi connectivity index (χ0) is 16.2. The fourth-order valence-electron chi connectivity index (χ4n) is 3.16. The predicted molar refractivity (Wildman–Crippen MR) is 89.9 cm³/mol. The molecular formula is C19H19N3O. The molecule has 1 aliphatic rings. The zero-order valence-corrected chi connectivity index (χ0v) is 13.1. The van der Waals surface area contributed by atoms with Crippen molar-refractivity contribution in [1.29, 1.82) is 5.26 Å². The van der Waals surface area contributed by atoms with Crippen LogP contribution in [0.15, 0.2) is 48.5 Å². The first-order valence-electron chi connectivity index (χ1n) is 7.75. The molecule has 0 aromatic heterocycles. The fourth-order valence-corrected chi connectivity index (χ4v) is 3.16. The van der Waals surface area contributed by atoms with Gasteiger partial charge in [0, 0.05) is 11.7 Å². The van der Waals surface area contributed by atoms with Crippen LogP contribution in [0, 0.1) is 11.3 Å². The van der Waals surface area contributed by atoms with E-state index in [9.17, 15) is 4.79 Å². The van der Waals surface area contributed by atoms with Crippen LogP contribution in [0.3, 0.4) is 0 Å². The SMILES string of the molecule is CN(CC(=O)Nc1ccc(C#N)cc1)[C@@H]1CCc2ccccc21. The number of benzene rings is 2. The Balaban J connectivity index is 1.61. The Labute approximate surface area is 136 Å². The summed E-state index contributed by atoms with van der Waals surface area (Å²) in [6, 6.07) is 17.7. The van der Waals surface area contributed by atoms with Crippen molar-refractivity contribution in [2.45, 2.75) is 18.9 Å². The van der Waals surface area contributed by atoms with E-state index < -0.39 is 0 Å². The molecule has 0 unspecified atom stereocenters. The summed E-state index contributed by atoms with van der Waals surface area (Å²) in [7, 11) is 1.99. The standard InChI is InChI=1S/C19H19N3O/c1-22(18-11-8-15-4-2-3-5-17(15)18)13-19(23)21-16-9-6-14(12-20)7-10-16/h2-7,9-10,18H,8,11,13H2,1H3,(H,21,23)/t18-/m1/s1. The molecule has 0 radical (unpaired) electrons. The predicted octanol–water partition coefficient (Wildman–Crippen LogP) is 3.12. The van der Waals surface area contributed by atoms with Gasteiger partial charge in [0.15, 0.2) is 0 Å². The maximum absolute atomic E-state index is 12.2. The maximum atomic E-state index is 12.2. The van der Waals surface area contributed by atoms with Crippen LogP contribution >= 0.6 is 0 Å². The lowest BCUT2D eigenvalue weighted by atomic mass is 10.1. The van der Waals surface area contributed by atoms with Gasteiger partial charge in [0.1, 0.15) is 0 Å².